The van der Waals surface area contributed by atoms with Gasteiger partial charge >= 0.3 is 0 Å². The highest BCUT2D eigenvalue weighted by atomic mass is 35.5. The summed E-state index contributed by atoms with van der Waals surface area (Å²) in [4.78, 5) is 18.5. The van der Waals surface area contributed by atoms with Gasteiger partial charge in [0.05, 0.1) is 10.6 Å². The van der Waals surface area contributed by atoms with Crippen LogP contribution in [0, 0.1) is 0 Å². The number of aromatic hydroxyl groups is 1. The molecule has 98 valence electrons. The van der Waals surface area contributed by atoms with E-state index >= 15 is 0 Å². The number of halogens is 2. The highest BCUT2D eigenvalue weighted by molar-refractivity contribution is 6.32. The van der Waals surface area contributed by atoms with Crippen molar-refractivity contribution in [1.82, 2.24) is 9.97 Å². The predicted molar refractivity (Wildman–Crippen MR) is 69.9 cm³/mol. The van der Waals surface area contributed by atoms with Crippen LogP contribution in [-0.4, -0.2) is 21.4 Å². The highest BCUT2D eigenvalue weighted by Crippen LogP contribution is 2.31. The second kappa shape index (κ2) is 5.86. The summed E-state index contributed by atoms with van der Waals surface area (Å²) in [5, 5.41) is 9.71. The van der Waals surface area contributed by atoms with Crippen molar-refractivity contribution >= 4 is 29.5 Å². The van der Waals surface area contributed by atoms with Crippen molar-refractivity contribution in [1.29, 1.82) is 0 Å². The lowest BCUT2D eigenvalue weighted by molar-refractivity contribution is 0.111. The van der Waals surface area contributed by atoms with Gasteiger partial charge in [-0.3, -0.25) is 4.79 Å². The van der Waals surface area contributed by atoms with Crippen molar-refractivity contribution in [2.24, 2.45) is 0 Å². The molecule has 0 aliphatic heterocycles. The first-order valence-electron chi connectivity index (χ1n) is 5.17. The van der Waals surface area contributed by atoms with E-state index in [9.17, 15) is 9.90 Å². The van der Waals surface area contributed by atoms with Gasteiger partial charge in [-0.1, -0.05) is 11.6 Å². The van der Waals surface area contributed by atoms with E-state index in [1.165, 1.54) is 24.5 Å². The standard InChI is InChI=1S/C12H8Cl2N2O3/c13-9-1-8(5-17)11(2-10(9)18)19-6-7-3-15-12(14)16-4-7/h1-5,18H,6H2. The summed E-state index contributed by atoms with van der Waals surface area (Å²) in [5.74, 6) is 0.0708. The smallest absolute Gasteiger partial charge is 0.222 e. The zero-order valence-electron chi connectivity index (χ0n) is 9.51. The van der Waals surface area contributed by atoms with Crippen molar-refractivity contribution < 1.29 is 14.6 Å². The summed E-state index contributed by atoms with van der Waals surface area (Å²) in [7, 11) is 0. The molecule has 0 unspecified atom stereocenters. The fourth-order valence-electron chi connectivity index (χ4n) is 1.35. The van der Waals surface area contributed by atoms with Crippen molar-refractivity contribution in [2.45, 2.75) is 6.61 Å². The maximum atomic E-state index is 10.9. The van der Waals surface area contributed by atoms with E-state index in [0.717, 1.165) is 0 Å². The van der Waals surface area contributed by atoms with E-state index < -0.39 is 0 Å². The molecular formula is C12H8Cl2N2O3. The first kappa shape index (κ1) is 13.6. The molecule has 1 aromatic carbocycles. The van der Waals surface area contributed by atoms with Crippen molar-refractivity contribution in [3.63, 3.8) is 0 Å². The molecular weight excluding hydrogens is 291 g/mol. The molecule has 0 amide bonds. The number of carbonyl (C=O) groups excluding carboxylic acids is 1. The monoisotopic (exact) mass is 298 g/mol. The number of aldehydes is 1. The van der Waals surface area contributed by atoms with Crippen LogP contribution in [0.25, 0.3) is 0 Å². The van der Waals surface area contributed by atoms with Gasteiger partial charge in [-0.15, -0.1) is 0 Å². The summed E-state index contributed by atoms with van der Waals surface area (Å²) >= 11 is 11.3. The molecule has 0 saturated heterocycles. The number of ether oxygens (including phenoxy) is 1. The number of phenols is 1. The molecule has 0 atom stereocenters. The molecule has 0 saturated carbocycles. The minimum absolute atomic E-state index is 0.0873. The van der Waals surface area contributed by atoms with E-state index in [4.69, 9.17) is 27.9 Å². The molecule has 2 aromatic rings. The number of aromatic nitrogens is 2. The topological polar surface area (TPSA) is 72.3 Å². The maximum Gasteiger partial charge on any atom is 0.222 e. The SMILES string of the molecule is O=Cc1cc(Cl)c(O)cc1OCc1cnc(Cl)nc1. The largest absolute Gasteiger partial charge is 0.506 e. The number of phenolic OH excluding ortho intramolecular Hbond substituents is 1. The molecule has 5 nitrogen and oxygen atoms in total. The van der Waals surface area contributed by atoms with E-state index in [0.29, 0.717) is 11.8 Å². The number of benzene rings is 1. The summed E-state index contributed by atoms with van der Waals surface area (Å²) in [6.07, 6.45) is 3.61. The average molecular weight is 299 g/mol. The van der Waals surface area contributed by atoms with Crippen LogP contribution in [0.15, 0.2) is 24.5 Å². The van der Waals surface area contributed by atoms with Gasteiger partial charge in [0.15, 0.2) is 6.29 Å². The molecule has 0 spiro atoms. The van der Waals surface area contributed by atoms with Crippen LogP contribution in [-0.2, 0) is 6.61 Å². The van der Waals surface area contributed by atoms with E-state index in [-0.39, 0.29) is 34.0 Å². The summed E-state index contributed by atoms with van der Waals surface area (Å²) in [6, 6.07) is 2.61. The average Bonchev–Trinajstić information content (AvgIpc) is 2.41. The van der Waals surface area contributed by atoms with Crippen LogP contribution in [0.1, 0.15) is 15.9 Å². The molecule has 0 aliphatic rings. The molecule has 0 bridgehead atoms. The third-order valence-corrected chi connectivity index (χ3v) is 2.77. The van der Waals surface area contributed by atoms with Gasteiger partial charge < -0.3 is 9.84 Å². The fourth-order valence-corrected chi connectivity index (χ4v) is 1.62. The van der Waals surface area contributed by atoms with E-state index in [2.05, 4.69) is 9.97 Å². The first-order valence-corrected chi connectivity index (χ1v) is 5.92. The number of carbonyl (C=O) groups is 1. The van der Waals surface area contributed by atoms with Crippen molar-refractivity contribution in [3.05, 3.63) is 46.0 Å². The van der Waals surface area contributed by atoms with Crippen LogP contribution in [0.3, 0.4) is 0 Å². The summed E-state index contributed by atoms with van der Waals surface area (Å²) in [6.45, 7) is 0.138. The Balaban J connectivity index is 2.17. The molecule has 7 heteroatoms. The van der Waals surface area contributed by atoms with Crippen LogP contribution in [0.2, 0.25) is 10.3 Å². The zero-order valence-corrected chi connectivity index (χ0v) is 11.0. The van der Waals surface area contributed by atoms with E-state index in [1.54, 1.807) is 0 Å². The Labute approximate surface area is 118 Å². The highest BCUT2D eigenvalue weighted by Gasteiger charge is 2.09. The molecule has 1 N–H and O–H groups in total. The first-order chi connectivity index (χ1) is 9.10. The second-order valence-corrected chi connectivity index (χ2v) is 4.35. The minimum Gasteiger partial charge on any atom is -0.506 e. The Hall–Kier alpha value is -1.85. The molecule has 0 fully saturated rings. The molecule has 1 heterocycles. The molecule has 19 heavy (non-hydrogen) atoms. The lowest BCUT2D eigenvalue weighted by atomic mass is 10.2. The minimum atomic E-state index is -0.158. The Morgan fingerprint density at radius 3 is 2.58 bits per heavy atom. The van der Waals surface area contributed by atoms with Gasteiger partial charge in [-0.2, -0.15) is 0 Å². The molecule has 1 aromatic heterocycles. The number of nitrogens with zero attached hydrogens (tertiary/aromatic N) is 2. The summed E-state index contributed by atoms with van der Waals surface area (Å²) in [5.41, 5.74) is 0.924. The number of hydrogen-bond acceptors (Lipinski definition) is 5. The van der Waals surface area contributed by atoms with Crippen molar-refractivity contribution in [3.8, 4) is 11.5 Å². The van der Waals surface area contributed by atoms with Crippen LogP contribution in [0.4, 0.5) is 0 Å². The number of rotatable bonds is 4. The molecule has 2 rings (SSSR count). The quantitative estimate of drug-likeness (QED) is 0.694. The zero-order chi connectivity index (χ0) is 13.8. The van der Waals surface area contributed by atoms with Gasteiger partial charge in [0, 0.05) is 24.0 Å². The summed E-state index contributed by atoms with van der Waals surface area (Å²) < 4.78 is 5.42. The predicted octanol–water partition coefficient (Wildman–Crippen LogP) is 2.88. The maximum absolute atomic E-state index is 10.9. The third-order valence-electron chi connectivity index (χ3n) is 2.27. The normalized spacial score (nSPS) is 10.2. The van der Waals surface area contributed by atoms with Gasteiger partial charge in [-0.05, 0) is 17.7 Å². The van der Waals surface area contributed by atoms with Crippen LogP contribution >= 0.6 is 23.2 Å². The Bertz CT molecular complexity index is 603. The second-order valence-electron chi connectivity index (χ2n) is 3.61. The molecule has 0 aliphatic carbocycles. The lowest BCUT2D eigenvalue weighted by Gasteiger charge is -2.09. The lowest BCUT2D eigenvalue weighted by Crippen LogP contribution is -1.99. The van der Waals surface area contributed by atoms with Gasteiger partial charge in [0.1, 0.15) is 18.1 Å². The van der Waals surface area contributed by atoms with Gasteiger partial charge in [0.2, 0.25) is 5.28 Å². The van der Waals surface area contributed by atoms with E-state index in [1.807, 2.05) is 0 Å². The molecule has 0 radical (unpaired) electrons. The fraction of sp³-hybridized carbons (Fsp3) is 0.0833. The number of hydrogen-bond donors (Lipinski definition) is 1. The Morgan fingerprint density at radius 2 is 1.95 bits per heavy atom. The van der Waals surface area contributed by atoms with Crippen LogP contribution in [0.5, 0.6) is 11.5 Å². The van der Waals surface area contributed by atoms with Gasteiger partial charge in [-0.25, -0.2) is 9.97 Å². The third kappa shape index (κ3) is 3.33. The Morgan fingerprint density at radius 1 is 1.26 bits per heavy atom. The van der Waals surface area contributed by atoms with Gasteiger partial charge in [0.25, 0.3) is 0 Å². The van der Waals surface area contributed by atoms with Crippen LogP contribution < -0.4 is 4.74 Å². The van der Waals surface area contributed by atoms with Crippen molar-refractivity contribution in [2.75, 3.05) is 0 Å². The Kier molecular flexibility index (Phi) is 4.19.